The maximum absolute atomic E-state index is 12.8. The zero-order chi connectivity index (χ0) is 23.5. The second-order valence-electron chi connectivity index (χ2n) is 8.10. The van der Waals surface area contributed by atoms with Gasteiger partial charge in [-0.3, -0.25) is 4.79 Å². The lowest BCUT2D eigenvalue weighted by Crippen LogP contribution is -2.41. The second kappa shape index (κ2) is 12.8. The molecule has 2 aromatic carbocycles. The summed E-state index contributed by atoms with van der Waals surface area (Å²) in [6, 6.07) is 15.1. The third kappa shape index (κ3) is 7.49. The molecule has 0 spiro atoms. The van der Waals surface area contributed by atoms with E-state index in [-0.39, 0.29) is 17.9 Å². The Kier molecular flexibility index (Phi) is 9.57. The minimum absolute atomic E-state index is 0.0748. The lowest BCUT2D eigenvalue weighted by atomic mass is 9.89. The van der Waals surface area contributed by atoms with Crippen LogP contribution in [0.5, 0.6) is 5.75 Å². The van der Waals surface area contributed by atoms with Gasteiger partial charge in [-0.2, -0.15) is 0 Å². The monoisotopic (exact) mass is 453 g/mol. The molecule has 178 valence electrons. The first-order valence-corrected chi connectivity index (χ1v) is 11.9. The Morgan fingerprint density at radius 3 is 2.67 bits per heavy atom. The Balaban J connectivity index is 1.55. The molecule has 1 aliphatic heterocycles. The molecular weight excluding hydrogens is 418 g/mol. The number of amides is 3. The summed E-state index contributed by atoms with van der Waals surface area (Å²) in [5, 5.41) is 5.93. The molecule has 3 amide bonds. The van der Waals surface area contributed by atoms with Crippen LogP contribution in [0.2, 0.25) is 0 Å². The highest BCUT2D eigenvalue weighted by Gasteiger charge is 2.25. The first-order valence-electron chi connectivity index (χ1n) is 11.9. The summed E-state index contributed by atoms with van der Waals surface area (Å²) in [5.41, 5.74) is 2.49. The number of rotatable bonds is 10. The number of hydrogen-bond donors (Lipinski definition) is 2. The molecule has 2 aromatic rings. The van der Waals surface area contributed by atoms with Crippen molar-refractivity contribution in [3.05, 3.63) is 59.7 Å². The van der Waals surface area contributed by atoms with Crippen molar-refractivity contribution in [2.75, 3.05) is 44.8 Å². The number of anilines is 1. The number of likely N-dealkylation sites (tertiary alicyclic amines) is 1. The molecule has 0 saturated carbocycles. The summed E-state index contributed by atoms with van der Waals surface area (Å²) < 4.78 is 10.8. The van der Waals surface area contributed by atoms with Gasteiger partial charge in [0.25, 0.3) is 5.91 Å². The number of nitrogens with zero attached hydrogens (tertiary/aromatic N) is 1. The zero-order valence-corrected chi connectivity index (χ0v) is 19.6. The van der Waals surface area contributed by atoms with Gasteiger partial charge in [-0.05, 0) is 75.1 Å². The fraction of sp³-hybridized carbons (Fsp3) is 0.462. The van der Waals surface area contributed by atoms with Crippen LogP contribution in [0, 0.1) is 0 Å². The van der Waals surface area contributed by atoms with E-state index < -0.39 is 0 Å². The maximum Gasteiger partial charge on any atom is 0.321 e. The van der Waals surface area contributed by atoms with E-state index in [1.807, 2.05) is 67.3 Å². The van der Waals surface area contributed by atoms with Gasteiger partial charge in [0.2, 0.25) is 0 Å². The minimum Gasteiger partial charge on any atom is -0.494 e. The van der Waals surface area contributed by atoms with E-state index in [1.54, 1.807) is 0 Å². The lowest BCUT2D eigenvalue weighted by Gasteiger charge is -2.33. The molecule has 1 aliphatic rings. The van der Waals surface area contributed by atoms with E-state index in [2.05, 4.69) is 10.6 Å². The summed E-state index contributed by atoms with van der Waals surface area (Å²) in [7, 11) is 0. The Morgan fingerprint density at radius 2 is 1.91 bits per heavy atom. The molecule has 33 heavy (non-hydrogen) atoms. The van der Waals surface area contributed by atoms with Crippen LogP contribution in [-0.2, 0) is 4.74 Å². The quantitative estimate of drug-likeness (QED) is 0.513. The average Bonchev–Trinajstić information content (AvgIpc) is 2.85. The van der Waals surface area contributed by atoms with Crippen LogP contribution in [0.1, 0.15) is 54.9 Å². The molecule has 0 aromatic heterocycles. The van der Waals surface area contributed by atoms with Crippen LogP contribution in [0.4, 0.5) is 10.5 Å². The fourth-order valence-corrected chi connectivity index (χ4v) is 3.99. The first-order chi connectivity index (χ1) is 16.1. The molecule has 1 atom stereocenters. The second-order valence-corrected chi connectivity index (χ2v) is 8.10. The van der Waals surface area contributed by atoms with Crippen molar-refractivity contribution in [1.82, 2.24) is 10.2 Å². The summed E-state index contributed by atoms with van der Waals surface area (Å²) >= 11 is 0. The van der Waals surface area contributed by atoms with Crippen molar-refractivity contribution in [2.45, 2.75) is 39.0 Å². The molecule has 0 radical (unpaired) electrons. The SMILES string of the molecule is CCOCCCNC(=O)c1cccc([C@@H]2CCCN(C(=O)Nc3ccc(OCC)cc3)C2)c1. The van der Waals surface area contributed by atoms with Crippen molar-refractivity contribution in [3.63, 3.8) is 0 Å². The molecule has 7 nitrogen and oxygen atoms in total. The number of ether oxygens (including phenoxy) is 2. The normalized spacial score (nSPS) is 15.7. The first kappa shape index (κ1) is 24.6. The van der Waals surface area contributed by atoms with Crippen molar-refractivity contribution < 1.29 is 19.1 Å². The van der Waals surface area contributed by atoms with Gasteiger partial charge in [0.1, 0.15) is 5.75 Å². The molecule has 1 saturated heterocycles. The van der Waals surface area contributed by atoms with Crippen LogP contribution in [0.15, 0.2) is 48.5 Å². The van der Waals surface area contributed by atoms with E-state index in [1.165, 1.54) is 0 Å². The molecular formula is C26H35N3O4. The van der Waals surface area contributed by atoms with Crippen LogP contribution in [-0.4, -0.2) is 56.3 Å². The van der Waals surface area contributed by atoms with Gasteiger partial charge < -0.3 is 25.0 Å². The van der Waals surface area contributed by atoms with Crippen LogP contribution in [0.25, 0.3) is 0 Å². The Bertz CT molecular complexity index is 901. The van der Waals surface area contributed by atoms with Crippen molar-refractivity contribution in [2.24, 2.45) is 0 Å². The topological polar surface area (TPSA) is 79.9 Å². The van der Waals surface area contributed by atoms with E-state index >= 15 is 0 Å². The number of urea groups is 1. The van der Waals surface area contributed by atoms with Gasteiger partial charge in [0.05, 0.1) is 6.61 Å². The molecule has 0 bridgehead atoms. The number of carbonyl (C=O) groups is 2. The molecule has 1 fully saturated rings. The Hall–Kier alpha value is -3.06. The molecule has 7 heteroatoms. The Morgan fingerprint density at radius 1 is 1.09 bits per heavy atom. The van der Waals surface area contributed by atoms with Crippen molar-refractivity contribution in [3.8, 4) is 5.75 Å². The van der Waals surface area contributed by atoms with Gasteiger partial charge in [-0.1, -0.05) is 12.1 Å². The van der Waals surface area contributed by atoms with Crippen LogP contribution < -0.4 is 15.4 Å². The van der Waals surface area contributed by atoms with Crippen LogP contribution >= 0.6 is 0 Å². The summed E-state index contributed by atoms with van der Waals surface area (Å²) in [6.45, 7) is 7.78. The van der Waals surface area contributed by atoms with Crippen LogP contribution in [0.3, 0.4) is 0 Å². The lowest BCUT2D eigenvalue weighted by molar-refractivity contribution is 0.0944. The van der Waals surface area contributed by atoms with Gasteiger partial charge in [0.15, 0.2) is 0 Å². The molecule has 1 heterocycles. The molecule has 2 N–H and O–H groups in total. The summed E-state index contributed by atoms with van der Waals surface area (Å²) in [4.78, 5) is 27.2. The third-order valence-electron chi connectivity index (χ3n) is 5.70. The number of carbonyl (C=O) groups excluding carboxylic acids is 2. The van der Waals surface area contributed by atoms with E-state index in [9.17, 15) is 9.59 Å². The third-order valence-corrected chi connectivity index (χ3v) is 5.70. The predicted molar refractivity (Wildman–Crippen MR) is 130 cm³/mol. The molecule has 0 unspecified atom stereocenters. The Labute approximate surface area is 196 Å². The molecule has 3 rings (SSSR count). The number of nitrogens with one attached hydrogen (secondary N) is 2. The van der Waals surface area contributed by atoms with Gasteiger partial charge in [0, 0.05) is 50.0 Å². The largest absolute Gasteiger partial charge is 0.494 e. The smallest absolute Gasteiger partial charge is 0.321 e. The minimum atomic E-state index is -0.105. The van der Waals surface area contributed by atoms with Gasteiger partial charge in [-0.25, -0.2) is 4.79 Å². The summed E-state index contributed by atoms with van der Waals surface area (Å²) in [5.74, 6) is 0.913. The number of piperidine rings is 1. The van der Waals surface area contributed by atoms with Crippen molar-refractivity contribution in [1.29, 1.82) is 0 Å². The van der Waals surface area contributed by atoms with Gasteiger partial charge in [-0.15, -0.1) is 0 Å². The number of hydrogen-bond acceptors (Lipinski definition) is 4. The highest BCUT2D eigenvalue weighted by Crippen LogP contribution is 2.28. The standard InChI is InChI=1S/C26H35N3O4/c1-3-32-17-7-15-27-25(30)21-9-5-8-20(18-21)22-10-6-16-29(19-22)26(31)28-23-11-13-24(14-12-23)33-4-2/h5,8-9,11-14,18,22H,3-4,6-7,10,15-17,19H2,1-2H3,(H,27,30)(H,28,31)/t22-/m1/s1. The molecule has 0 aliphatic carbocycles. The van der Waals surface area contributed by atoms with Crippen molar-refractivity contribution >= 4 is 17.6 Å². The van der Waals surface area contributed by atoms with E-state index in [0.717, 1.165) is 42.8 Å². The maximum atomic E-state index is 12.8. The predicted octanol–water partition coefficient (Wildman–Crippen LogP) is 4.65. The highest BCUT2D eigenvalue weighted by molar-refractivity contribution is 5.94. The highest BCUT2D eigenvalue weighted by atomic mass is 16.5. The van der Waals surface area contributed by atoms with E-state index in [4.69, 9.17) is 9.47 Å². The van der Waals surface area contributed by atoms with E-state index in [0.29, 0.717) is 38.5 Å². The fourth-order valence-electron chi connectivity index (χ4n) is 3.99. The average molecular weight is 454 g/mol. The number of benzene rings is 2. The zero-order valence-electron chi connectivity index (χ0n) is 19.6. The van der Waals surface area contributed by atoms with Gasteiger partial charge >= 0.3 is 6.03 Å². The summed E-state index contributed by atoms with van der Waals surface area (Å²) in [6.07, 6.45) is 2.71.